The van der Waals surface area contributed by atoms with Gasteiger partial charge in [-0.05, 0) is 48.5 Å². The Kier molecular flexibility index (Phi) is 5.81. The minimum absolute atomic E-state index is 0.109. The molecule has 3 N–H and O–H groups in total. The van der Waals surface area contributed by atoms with Crippen LogP contribution in [0.4, 0.5) is 29.3 Å². The molecule has 4 aromatic rings. The Morgan fingerprint density at radius 1 is 1.00 bits per heavy atom. The number of halogens is 3. The summed E-state index contributed by atoms with van der Waals surface area (Å²) in [4.78, 5) is 26.3. The van der Waals surface area contributed by atoms with Crippen molar-refractivity contribution >= 4 is 17.4 Å². The number of amides is 2. The number of carbonyl (C=O) groups excluding carboxylic acids is 1. The molecule has 0 radical (unpaired) electrons. The number of pyridine rings is 1. The number of carbonyl (C=O) groups is 1. The predicted octanol–water partition coefficient (Wildman–Crippen LogP) is 4.41. The zero-order chi connectivity index (χ0) is 23.4. The lowest BCUT2D eigenvalue weighted by molar-refractivity contribution is -0.137. The second-order valence-corrected chi connectivity index (χ2v) is 6.67. The Hall–Kier alpha value is -4.61. The molecule has 2 heterocycles. The summed E-state index contributed by atoms with van der Waals surface area (Å²) in [6, 6.07) is 11.2. The number of aromatic nitrogens is 4. The molecule has 0 unspecified atom stereocenters. The molecule has 0 spiro atoms. The number of ether oxygens (including phenoxy) is 1. The highest BCUT2D eigenvalue weighted by Crippen LogP contribution is 2.33. The smallest absolute Gasteiger partial charge is 0.416 e. The fraction of sp³-hybridized carbons (Fsp3) is 0.0476. The van der Waals surface area contributed by atoms with Crippen LogP contribution in [0.25, 0.3) is 5.69 Å². The van der Waals surface area contributed by atoms with Crippen molar-refractivity contribution in [2.45, 2.75) is 6.18 Å². The molecule has 0 saturated heterocycles. The lowest BCUT2D eigenvalue weighted by atomic mass is 10.1. The van der Waals surface area contributed by atoms with E-state index in [1.807, 2.05) is 0 Å². The number of hydrogen-bond acceptors (Lipinski definition) is 5. The number of rotatable bonds is 5. The number of nitrogens with zero attached hydrogens (tertiary/aromatic N) is 3. The summed E-state index contributed by atoms with van der Waals surface area (Å²) in [6.07, 6.45) is -0.353. The van der Waals surface area contributed by atoms with Crippen LogP contribution in [-0.2, 0) is 6.18 Å². The van der Waals surface area contributed by atoms with Crippen LogP contribution in [0.5, 0.6) is 11.5 Å². The molecule has 2 aromatic heterocycles. The lowest BCUT2D eigenvalue weighted by Gasteiger charge is -2.15. The second-order valence-electron chi connectivity index (χ2n) is 6.67. The summed E-state index contributed by atoms with van der Waals surface area (Å²) >= 11 is 0. The molecule has 0 fully saturated rings. The van der Waals surface area contributed by atoms with E-state index in [9.17, 15) is 22.8 Å². The van der Waals surface area contributed by atoms with Crippen molar-refractivity contribution in [3.05, 3.63) is 89.1 Å². The molecule has 0 aliphatic heterocycles. The number of aromatic amines is 1. The number of nitrogens with one attached hydrogen (secondary N) is 3. The number of anilines is 2. The van der Waals surface area contributed by atoms with Crippen LogP contribution in [0.3, 0.4) is 0 Å². The standard InChI is InChI=1S/C21H15F3N6O3/c22-21(23,24)13-1-6-18(30-10-9-26-29-30)17(11-13)28-20(32)27-14-2-4-15(5-3-14)33-16-7-8-25-19(31)12-16/h1-12H,(H,25,31)(H2,27,28,32). The zero-order valence-corrected chi connectivity index (χ0v) is 16.6. The normalized spacial score (nSPS) is 11.1. The van der Waals surface area contributed by atoms with E-state index in [1.165, 1.54) is 47.5 Å². The summed E-state index contributed by atoms with van der Waals surface area (Å²) in [5, 5.41) is 12.3. The lowest BCUT2D eigenvalue weighted by Crippen LogP contribution is -2.21. The Balaban J connectivity index is 1.48. The second kappa shape index (κ2) is 8.86. The molecule has 0 aliphatic rings. The molecule has 0 saturated carbocycles. The van der Waals surface area contributed by atoms with Crippen molar-refractivity contribution in [2.24, 2.45) is 0 Å². The molecule has 33 heavy (non-hydrogen) atoms. The van der Waals surface area contributed by atoms with Crippen molar-refractivity contribution in [3.63, 3.8) is 0 Å². The number of benzene rings is 2. The van der Waals surface area contributed by atoms with Gasteiger partial charge in [0.05, 0.1) is 29.3 Å². The van der Waals surface area contributed by atoms with E-state index in [2.05, 4.69) is 25.9 Å². The van der Waals surface area contributed by atoms with Gasteiger partial charge in [0.15, 0.2) is 0 Å². The maximum atomic E-state index is 13.1. The minimum Gasteiger partial charge on any atom is -0.457 e. The highest BCUT2D eigenvalue weighted by Gasteiger charge is 2.31. The van der Waals surface area contributed by atoms with Crippen LogP contribution in [-0.4, -0.2) is 26.0 Å². The van der Waals surface area contributed by atoms with E-state index in [1.54, 1.807) is 18.2 Å². The molecule has 168 valence electrons. The predicted molar refractivity (Wildman–Crippen MR) is 113 cm³/mol. The number of H-pyrrole nitrogens is 1. The molecular weight excluding hydrogens is 441 g/mol. The highest BCUT2D eigenvalue weighted by molar-refractivity contribution is 6.01. The van der Waals surface area contributed by atoms with E-state index in [-0.39, 0.29) is 16.9 Å². The van der Waals surface area contributed by atoms with Gasteiger partial charge in [-0.25, -0.2) is 9.48 Å². The van der Waals surface area contributed by atoms with Crippen molar-refractivity contribution in [3.8, 4) is 17.2 Å². The average Bonchev–Trinajstić information content (AvgIpc) is 3.29. The number of alkyl halides is 3. The van der Waals surface area contributed by atoms with Crippen LogP contribution in [0.1, 0.15) is 5.56 Å². The maximum absolute atomic E-state index is 13.1. The van der Waals surface area contributed by atoms with Crippen LogP contribution in [0, 0.1) is 0 Å². The first kappa shape index (κ1) is 21.6. The van der Waals surface area contributed by atoms with Gasteiger partial charge in [-0.3, -0.25) is 4.79 Å². The van der Waals surface area contributed by atoms with Crippen LogP contribution < -0.4 is 20.9 Å². The molecule has 2 aromatic carbocycles. The Bertz CT molecular complexity index is 1320. The summed E-state index contributed by atoms with van der Waals surface area (Å²) in [5.74, 6) is 0.750. The van der Waals surface area contributed by atoms with E-state index >= 15 is 0 Å². The fourth-order valence-electron chi connectivity index (χ4n) is 2.86. The monoisotopic (exact) mass is 456 g/mol. The average molecular weight is 456 g/mol. The zero-order valence-electron chi connectivity index (χ0n) is 16.6. The van der Waals surface area contributed by atoms with Gasteiger partial charge in [0.1, 0.15) is 11.5 Å². The minimum atomic E-state index is -4.59. The van der Waals surface area contributed by atoms with Crippen molar-refractivity contribution in [1.82, 2.24) is 20.0 Å². The third-order valence-electron chi connectivity index (χ3n) is 4.34. The van der Waals surface area contributed by atoms with Crippen molar-refractivity contribution < 1.29 is 22.7 Å². The summed E-state index contributed by atoms with van der Waals surface area (Å²) < 4.78 is 46.2. The van der Waals surface area contributed by atoms with Crippen molar-refractivity contribution in [2.75, 3.05) is 10.6 Å². The highest BCUT2D eigenvalue weighted by atomic mass is 19.4. The summed E-state index contributed by atoms with van der Waals surface area (Å²) in [7, 11) is 0. The van der Waals surface area contributed by atoms with E-state index in [0.717, 1.165) is 12.1 Å². The largest absolute Gasteiger partial charge is 0.457 e. The van der Waals surface area contributed by atoms with Gasteiger partial charge in [0.25, 0.3) is 5.56 Å². The molecule has 0 aliphatic carbocycles. The van der Waals surface area contributed by atoms with Gasteiger partial charge in [0.2, 0.25) is 0 Å². The third-order valence-corrected chi connectivity index (χ3v) is 4.34. The molecular formula is C21H15F3N6O3. The van der Waals surface area contributed by atoms with Crippen molar-refractivity contribution in [1.29, 1.82) is 0 Å². The maximum Gasteiger partial charge on any atom is 0.416 e. The SMILES string of the molecule is O=C(Nc1ccc(Oc2cc[nH]c(=O)c2)cc1)Nc1cc(C(F)(F)F)ccc1-n1ccnn1. The Morgan fingerprint density at radius 2 is 1.79 bits per heavy atom. The Morgan fingerprint density at radius 3 is 2.45 bits per heavy atom. The molecule has 4 rings (SSSR count). The molecule has 0 bridgehead atoms. The molecule has 12 heteroatoms. The first-order valence-electron chi connectivity index (χ1n) is 9.40. The van der Waals surface area contributed by atoms with Crippen LogP contribution in [0.2, 0.25) is 0 Å². The van der Waals surface area contributed by atoms with Gasteiger partial charge < -0.3 is 20.4 Å². The van der Waals surface area contributed by atoms with Crippen LogP contribution >= 0.6 is 0 Å². The first-order chi connectivity index (χ1) is 15.8. The third kappa shape index (κ3) is 5.36. The first-order valence-corrected chi connectivity index (χ1v) is 9.40. The number of hydrogen-bond donors (Lipinski definition) is 3. The Labute approximate surface area is 183 Å². The molecule has 0 atom stereocenters. The topological polar surface area (TPSA) is 114 Å². The summed E-state index contributed by atoms with van der Waals surface area (Å²) in [5.41, 5.74) is -0.787. The van der Waals surface area contributed by atoms with Gasteiger partial charge >= 0.3 is 12.2 Å². The van der Waals surface area contributed by atoms with Gasteiger partial charge in [-0.15, -0.1) is 5.10 Å². The van der Waals surface area contributed by atoms with E-state index < -0.39 is 17.8 Å². The number of urea groups is 1. The van der Waals surface area contributed by atoms with E-state index in [0.29, 0.717) is 17.2 Å². The van der Waals surface area contributed by atoms with Crippen LogP contribution in [0.15, 0.2) is 78.0 Å². The van der Waals surface area contributed by atoms with Gasteiger partial charge in [-0.1, -0.05) is 5.21 Å². The quantitative estimate of drug-likeness (QED) is 0.412. The summed E-state index contributed by atoms with van der Waals surface area (Å²) in [6.45, 7) is 0. The van der Waals surface area contributed by atoms with Gasteiger partial charge in [-0.2, -0.15) is 13.2 Å². The van der Waals surface area contributed by atoms with E-state index in [4.69, 9.17) is 4.74 Å². The molecule has 2 amide bonds. The fourth-order valence-corrected chi connectivity index (χ4v) is 2.86. The molecule has 9 nitrogen and oxygen atoms in total. The van der Waals surface area contributed by atoms with Gasteiger partial charge in [0, 0.05) is 18.0 Å².